The maximum atomic E-state index is 12.6. The van der Waals surface area contributed by atoms with Crippen molar-refractivity contribution in [2.75, 3.05) is 18.4 Å². The predicted octanol–water partition coefficient (Wildman–Crippen LogP) is 4.42. The molecule has 26 heavy (non-hydrogen) atoms. The van der Waals surface area contributed by atoms with Crippen LogP contribution in [0.25, 0.3) is 0 Å². The number of nitrogens with one attached hydrogen (secondary N) is 1. The molecule has 0 bridgehead atoms. The van der Waals surface area contributed by atoms with E-state index in [1.54, 1.807) is 18.2 Å². The normalized spacial score (nSPS) is 15.6. The van der Waals surface area contributed by atoms with Gasteiger partial charge in [0.25, 0.3) is 5.91 Å². The van der Waals surface area contributed by atoms with Gasteiger partial charge in [0.2, 0.25) is 10.0 Å². The Labute approximate surface area is 163 Å². The van der Waals surface area contributed by atoms with E-state index in [4.69, 9.17) is 23.2 Å². The first-order valence-corrected chi connectivity index (χ1v) is 10.4. The number of sulfonamides is 1. The molecule has 8 heteroatoms. The fourth-order valence-corrected chi connectivity index (χ4v) is 4.85. The van der Waals surface area contributed by atoms with Gasteiger partial charge in [-0.25, -0.2) is 8.42 Å². The van der Waals surface area contributed by atoms with Crippen LogP contribution >= 0.6 is 23.2 Å². The number of halogens is 2. The zero-order chi connectivity index (χ0) is 18.7. The number of hydrogen-bond acceptors (Lipinski definition) is 3. The lowest BCUT2D eigenvalue weighted by Crippen LogP contribution is -2.35. The van der Waals surface area contributed by atoms with Gasteiger partial charge in [-0.3, -0.25) is 4.79 Å². The maximum absolute atomic E-state index is 12.6. The van der Waals surface area contributed by atoms with Crippen molar-refractivity contribution in [2.24, 2.45) is 0 Å². The fourth-order valence-electron chi connectivity index (χ4n) is 2.84. The zero-order valence-corrected chi connectivity index (χ0v) is 16.2. The first-order valence-electron chi connectivity index (χ1n) is 8.24. The quantitative estimate of drug-likeness (QED) is 0.807. The van der Waals surface area contributed by atoms with Crippen LogP contribution in [0.3, 0.4) is 0 Å². The summed E-state index contributed by atoms with van der Waals surface area (Å²) in [6.45, 7) is 1.10. The smallest absolute Gasteiger partial charge is 0.257 e. The van der Waals surface area contributed by atoms with Crippen LogP contribution in [0.1, 0.15) is 29.6 Å². The minimum atomic E-state index is -3.49. The first kappa shape index (κ1) is 19.2. The Balaban J connectivity index is 1.74. The summed E-state index contributed by atoms with van der Waals surface area (Å²) in [7, 11) is -3.49. The molecule has 0 spiro atoms. The van der Waals surface area contributed by atoms with Crippen LogP contribution in [0.5, 0.6) is 0 Å². The Hall–Kier alpha value is -1.60. The Morgan fingerprint density at radius 1 is 0.962 bits per heavy atom. The van der Waals surface area contributed by atoms with Crippen molar-refractivity contribution in [3.8, 4) is 0 Å². The largest absolute Gasteiger partial charge is 0.322 e. The third kappa shape index (κ3) is 4.20. The first-order chi connectivity index (χ1) is 12.4. The van der Waals surface area contributed by atoms with Gasteiger partial charge < -0.3 is 5.32 Å². The number of carbonyl (C=O) groups is 1. The van der Waals surface area contributed by atoms with Gasteiger partial charge in [0, 0.05) is 23.8 Å². The summed E-state index contributed by atoms with van der Waals surface area (Å²) in [4.78, 5) is 12.5. The third-order valence-electron chi connectivity index (χ3n) is 4.24. The van der Waals surface area contributed by atoms with Crippen LogP contribution in [0.4, 0.5) is 5.69 Å². The molecule has 0 radical (unpaired) electrons. The lowest BCUT2D eigenvalue weighted by atomic mass is 10.2. The number of nitrogens with zero attached hydrogens (tertiary/aromatic N) is 1. The molecule has 1 aliphatic rings. The van der Waals surface area contributed by atoms with E-state index in [1.165, 1.54) is 28.6 Å². The average molecular weight is 413 g/mol. The Morgan fingerprint density at radius 3 is 2.23 bits per heavy atom. The predicted molar refractivity (Wildman–Crippen MR) is 103 cm³/mol. The summed E-state index contributed by atoms with van der Waals surface area (Å²) in [6, 6.07) is 10.8. The second-order valence-corrected chi connectivity index (χ2v) is 8.85. The molecule has 0 aromatic heterocycles. The van der Waals surface area contributed by atoms with Gasteiger partial charge in [0.05, 0.1) is 15.5 Å². The van der Waals surface area contributed by atoms with Crippen LogP contribution in [0.15, 0.2) is 47.4 Å². The standard InChI is InChI=1S/C18H18Cl2N2O3S/c19-13-4-9-16(17(20)12-13)18(23)21-14-5-7-15(8-6-14)26(24,25)22-10-2-1-3-11-22/h4-9,12H,1-3,10-11H2,(H,21,23). The van der Waals surface area contributed by atoms with Gasteiger partial charge in [-0.05, 0) is 55.3 Å². The molecule has 2 aromatic carbocycles. The molecule has 1 N–H and O–H groups in total. The summed E-state index contributed by atoms with van der Waals surface area (Å²) in [5.74, 6) is -0.390. The van der Waals surface area contributed by atoms with Gasteiger partial charge in [-0.1, -0.05) is 29.6 Å². The van der Waals surface area contributed by atoms with Crippen LogP contribution in [0, 0.1) is 0 Å². The Morgan fingerprint density at radius 2 is 1.62 bits per heavy atom. The fraction of sp³-hybridized carbons (Fsp3) is 0.278. The van der Waals surface area contributed by atoms with Crippen LogP contribution in [-0.2, 0) is 10.0 Å². The van der Waals surface area contributed by atoms with E-state index in [0.29, 0.717) is 29.4 Å². The van der Waals surface area contributed by atoms with E-state index >= 15 is 0 Å². The molecule has 0 saturated carbocycles. The van der Waals surface area contributed by atoms with Crippen molar-refractivity contribution in [2.45, 2.75) is 24.2 Å². The van der Waals surface area contributed by atoms with Gasteiger partial charge in [0.15, 0.2) is 0 Å². The summed E-state index contributed by atoms with van der Waals surface area (Å²) in [5.41, 5.74) is 0.777. The van der Waals surface area contributed by atoms with Gasteiger partial charge >= 0.3 is 0 Å². The lowest BCUT2D eigenvalue weighted by molar-refractivity contribution is 0.102. The van der Waals surface area contributed by atoms with E-state index in [9.17, 15) is 13.2 Å². The van der Waals surface area contributed by atoms with E-state index in [2.05, 4.69) is 5.32 Å². The number of benzene rings is 2. The van der Waals surface area contributed by atoms with Crippen molar-refractivity contribution in [3.05, 3.63) is 58.1 Å². The molecule has 3 rings (SSSR count). The minimum Gasteiger partial charge on any atom is -0.322 e. The summed E-state index contributed by atoms with van der Waals surface area (Å²) >= 11 is 11.9. The third-order valence-corrected chi connectivity index (χ3v) is 6.70. The summed E-state index contributed by atoms with van der Waals surface area (Å²) in [5, 5.41) is 3.39. The topological polar surface area (TPSA) is 66.5 Å². The molecule has 1 amide bonds. The molecular formula is C18H18Cl2N2O3S. The molecule has 0 unspecified atom stereocenters. The van der Waals surface area contributed by atoms with Crippen molar-refractivity contribution in [1.29, 1.82) is 0 Å². The van der Waals surface area contributed by atoms with Crippen molar-refractivity contribution in [1.82, 2.24) is 4.31 Å². The molecule has 0 aliphatic carbocycles. The van der Waals surface area contributed by atoms with Crippen LogP contribution in [-0.4, -0.2) is 31.7 Å². The molecule has 1 fully saturated rings. The number of rotatable bonds is 4. The summed E-state index contributed by atoms with van der Waals surface area (Å²) in [6.07, 6.45) is 2.83. The molecule has 1 aliphatic heterocycles. The van der Waals surface area contributed by atoms with E-state index in [0.717, 1.165) is 19.3 Å². The molecule has 1 saturated heterocycles. The number of anilines is 1. The van der Waals surface area contributed by atoms with Gasteiger partial charge in [0.1, 0.15) is 0 Å². The van der Waals surface area contributed by atoms with E-state index in [1.807, 2.05) is 0 Å². The highest BCUT2D eigenvalue weighted by Gasteiger charge is 2.25. The summed E-state index contributed by atoms with van der Waals surface area (Å²) < 4.78 is 26.8. The van der Waals surface area contributed by atoms with Crippen molar-refractivity contribution >= 4 is 44.8 Å². The maximum Gasteiger partial charge on any atom is 0.257 e. The molecular weight excluding hydrogens is 395 g/mol. The highest BCUT2D eigenvalue weighted by atomic mass is 35.5. The molecule has 0 atom stereocenters. The highest BCUT2D eigenvalue weighted by Crippen LogP contribution is 2.24. The second-order valence-electron chi connectivity index (χ2n) is 6.07. The van der Waals surface area contributed by atoms with Gasteiger partial charge in [-0.15, -0.1) is 0 Å². The number of amides is 1. The number of carbonyl (C=O) groups excluding carboxylic acids is 1. The molecule has 1 heterocycles. The van der Waals surface area contributed by atoms with Crippen LogP contribution < -0.4 is 5.32 Å². The molecule has 2 aromatic rings. The minimum absolute atomic E-state index is 0.224. The zero-order valence-electron chi connectivity index (χ0n) is 13.9. The van der Waals surface area contributed by atoms with E-state index < -0.39 is 15.9 Å². The SMILES string of the molecule is O=C(Nc1ccc(S(=O)(=O)N2CCCCC2)cc1)c1ccc(Cl)cc1Cl. The number of hydrogen-bond donors (Lipinski definition) is 1. The number of piperidine rings is 1. The lowest BCUT2D eigenvalue weighted by Gasteiger charge is -2.25. The highest BCUT2D eigenvalue weighted by molar-refractivity contribution is 7.89. The average Bonchev–Trinajstić information content (AvgIpc) is 2.63. The van der Waals surface area contributed by atoms with E-state index in [-0.39, 0.29) is 9.92 Å². The molecule has 138 valence electrons. The molecule has 5 nitrogen and oxygen atoms in total. The van der Waals surface area contributed by atoms with Crippen LogP contribution in [0.2, 0.25) is 10.0 Å². The van der Waals surface area contributed by atoms with Crippen molar-refractivity contribution in [3.63, 3.8) is 0 Å². The Kier molecular flexibility index (Phi) is 5.87. The second kappa shape index (κ2) is 7.96. The monoisotopic (exact) mass is 412 g/mol. The van der Waals surface area contributed by atoms with Gasteiger partial charge in [-0.2, -0.15) is 4.31 Å². The van der Waals surface area contributed by atoms with Crippen molar-refractivity contribution < 1.29 is 13.2 Å². The Bertz CT molecular complexity index is 909.